The first-order chi connectivity index (χ1) is 24.2. The van der Waals surface area contributed by atoms with E-state index in [0.29, 0.717) is 16.5 Å². The van der Waals surface area contributed by atoms with E-state index in [1.165, 1.54) is 11.1 Å². The van der Waals surface area contributed by atoms with Crippen molar-refractivity contribution in [2.75, 3.05) is 0 Å². The first-order valence-electron chi connectivity index (χ1n) is 17.8. The minimum Gasteiger partial charge on any atom is -0.399 e. The smallest absolute Gasteiger partial charge is 0.399 e. The highest BCUT2D eigenvalue weighted by molar-refractivity contribution is 9.10. The van der Waals surface area contributed by atoms with Crippen LogP contribution in [0.3, 0.4) is 0 Å². The maximum absolute atomic E-state index is 13.2. The zero-order valence-electron chi connectivity index (χ0n) is 31.8. The van der Waals surface area contributed by atoms with E-state index in [0.717, 1.165) is 37.5 Å². The molecule has 1 fully saturated rings. The van der Waals surface area contributed by atoms with Crippen LogP contribution in [0.2, 0.25) is 0 Å². The second-order valence-corrected chi connectivity index (χ2v) is 17.7. The quantitative estimate of drug-likeness (QED) is 0.176. The Labute approximate surface area is 315 Å². The number of H-pyrrole nitrogens is 2. The van der Waals surface area contributed by atoms with Crippen LogP contribution in [-0.2, 0) is 20.1 Å². The molecule has 0 radical (unpaired) electrons. The summed E-state index contributed by atoms with van der Waals surface area (Å²) in [5.74, 6) is 0. The summed E-state index contributed by atoms with van der Waals surface area (Å²) in [6, 6.07) is 27.7. The second-order valence-electron chi connectivity index (χ2n) is 16.8. The Hall–Kier alpha value is -4.24. The topological polar surface area (TPSA) is 84.2 Å². The summed E-state index contributed by atoms with van der Waals surface area (Å²) in [6.45, 7) is 21.2. The molecule has 4 aromatic carbocycles. The number of hydrogen-bond acceptors (Lipinski definition) is 4. The number of aromatic amines is 2. The molecule has 6 nitrogen and oxygen atoms in total. The van der Waals surface area contributed by atoms with Gasteiger partial charge in [-0.1, -0.05) is 106 Å². The molecule has 1 saturated heterocycles. The molecule has 2 aromatic heterocycles. The molecule has 0 unspecified atom stereocenters. The zero-order valence-corrected chi connectivity index (χ0v) is 33.4. The van der Waals surface area contributed by atoms with E-state index in [2.05, 4.69) is 79.6 Å². The van der Waals surface area contributed by atoms with Crippen molar-refractivity contribution in [2.24, 2.45) is 0 Å². The largest absolute Gasteiger partial charge is 0.494 e. The van der Waals surface area contributed by atoms with Gasteiger partial charge in [-0.25, -0.2) is 0 Å². The fourth-order valence-electron chi connectivity index (χ4n) is 6.29. The Balaban J connectivity index is 0.000000187. The van der Waals surface area contributed by atoms with Crippen LogP contribution in [-0.4, -0.2) is 28.3 Å². The molecular formula is C44H48BBrN2O4. The Morgan fingerprint density at radius 2 is 1.04 bits per heavy atom. The lowest BCUT2D eigenvalue weighted by Gasteiger charge is -2.32. The van der Waals surface area contributed by atoms with Crippen molar-refractivity contribution in [2.45, 2.75) is 91.3 Å². The highest BCUT2D eigenvalue weighted by atomic mass is 79.9. The molecule has 52 heavy (non-hydrogen) atoms. The average molecular weight is 760 g/mol. The van der Waals surface area contributed by atoms with Crippen LogP contribution in [0.25, 0.3) is 44.1 Å². The molecule has 0 spiro atoms. The van der Waals surface area contributed by atoms with Crippen LogP contribution in [0.5, 0.6) is 0 Å². The lowest BCUT2D eigenvalue weighted by atomic mass is 9.78. The molecule has 0 saturated carbocycles. The zero-order chi connectivity index (χ0) is 37.8. The molecule has 1 aliphatic heterocycles. The molecular weight excluding hydrogens is 711 g/mol. The molecule has 1 aliphatic rings. The number of aromatic nitrogens is 2. The highest BCUT2D eigenvalue weighted by Crippen LogP contribution is 2.37. The predicted octanol–water partition coefficient (Wildman–Crippen LogP) is 10.0. The molecule has 7 rings (SSSR count). The van der Waals surface area contributed by atoms with Gasteiger partial charge in [-0.05, 0) is 103 Å². The van der Waals surface area contributed by atoms with E-state index < -0.39 is 18.3 Å². The molecule has 2 N–H and O–H groups in total. The van der Waals surface area contributed by atoms with Crippen molar-refractivity contribution in [1.82, 2.24) is 9.97 Å². The fraction of sp³-hybridized carbons (Fsp3) is 0.318. The summed E-state index contributed by atoms with van der Waals surface area (Å²) in [5, 5.41) is 1.42. The molecule has 8 heteroatoms. The predicted molar refractivity (Wildman–Crippen MR) is 221 cm³/mol. The first kappa shape index (κ1) is 37.5. The second kappa shape index (κ2) is 13.6. The SMILES string of the molecule is CC(C)(C)c1ccc2c(=O)c(-c3cccc(B4OC(C)(C)C(C)(C)O4)c3)c[nH]c2c1.CC(C)(C)c1ccc2c(=O)c(-c3cccc(Br)c3)c[nH]c2c1. The monoisotopic (exact) mass is 758 g/mol. The van der Waals surface area contributed by atoms with Gasteiger partial charge >= 0.3 is 7.12 Å². The van der Waals surface area contributed by atoms with E-state index >= 15 is 0 Å². The van der Waals surface area contributed by atoms with Crippen LogP contribution in [0.4, 0.5) is 0 Å². The Morgan fingerprint density at radius 1 is 0.596 bits per heavy atom. The summed E-state index contributed by atoms with van der Waals surface area (Å²) < 4.78 is 13.3. The lowest BCUT2D eigenvalue weighted by molar-refractivity contribution is 0.00578. The van der Waals surface area contributed by atoms with Gasteiger partial charge in [0.1, 0.15) is 0 Å². The van der Waals surface area contributed by atoms with Crippen LogP contribution in [0, 0.1) is 0 Å². The van der Waals surface area contributed by atoms with Gasteiger partial charge < -0.3 is 19.3 Å². The first-order valence-corrected chi connectivity index (χ1v) is 18.6. The van der Waals surface area contributed by atoms with Gasteiger partial charge in [-0.3, -0.25) is 9.59 Å². The third kappa shape index (κ3) is 7.47. The number of hydrogen-bond donors (Lipinski definition) is 2. The summed E-state index contributed by atoms with van der Waals surface area (Å²) in [6.07, 6.45) is 3.61. The summed E-state index contributed by atoms with van der Waals surface area (Å²) in [4.78, 5) is 32.6. The van der Waals surface area contributed by atoms with Gasteiger partial charge in [0.05, 0.1) is 11.2 Å². The van der Waals surface area contributed by atoms with Gasteiger partial charge in [-0.2, -0.15) is 0 Å². The van der Waals surface area contributed by atoms with Gasteiger partial charge in [0, 0.05) is 49.8 Å². The van der Waals surface area contributed by atoms with Gasteiger partial charge in [0.2, 0.25) is 0 Å². The van der Waals surface area contributed by atoms with Crippen LogP contribution in [0.1, 0.15) is 80.4 Å². The summed E-state index contributed by atoms with van der Waals surface area (Å²) >= 11 is 3.45. The van der Waals surface area contributed by atoms with Crippen molar-refractivity contribution >= 4 is 50.3 Å². The molecule has 6 aromatic rings. The number of halogens is 1. The fourth-order valence-corrected chi connectivity index (χ4v) is 6.69. The van der Waals surface area contributed by atoms with E-state index in [1.54, 1.807) is 12.4 Å². The van der Waals surface area contributed by atoms with Crippen LogP contribution in [0.15, 0.2) is 111 Å². The lowest BCUT2D eigenvalue weighted by Crippen LogP contribution is -2.41. The Kier molecular flexibility index (Phi) is 9.84. The highest BCUT2D eigenvalue weighted by Gasteiger charge is 2.51. The van der Waals surface area contributed by atoms with Crippen molar-refractivity contribution < 1.29 is 9.31 Å². The molecule has 0 bridgehead atoms. The van der Waals surface area contributed by atoms with Gasteiger partial charge in [0.15, 0.2) is 10.9 Å². The molecule has 0 amide bonds. The standard InChI is InChI=1S/C25H30BNO3.C19H18BrNO/c1-23(2,3)17-11-12-19-21(14-17)27-15-20(22(19)28)16-9-8-10-18(13-16)26-29-24(4,5)25(6,7)30-26;1-19(2,3)13-7-8-15-17(10-13)21-11-16(18(15)22)12-5-4-6-14(20)9-12/h8-15H,1-7H3,(H,27,28);4-11H,1-3H3,(H,21,22). The number of rotatable bonds is 3. The van der Waals surface area contributed by atoms with E-state index in [9.17, 15) is 9.59 Å². The third-order valence-corrected chi connectivity index (χ3v) is 10.8. The summed E-state index contributed by atoms with van der Waals surface area (Å²) in [7, 11) is -0.455. The van der Waals surface area contributed by atoms with Gasteiger partial charge in [0.25, 0.3) is 0 Å². The van der Waals surface area contributed by atoms with Crippen molar-refractivity contribution in [3.63, 3.8) is 0 Å². The normalized spacial score (nSPS) is 15.5. The van der Waals surface area contributed by atoms with Crippen LogP contribution >= 0.6 is 15.9 Å². The van der Waals surface area contributed by atoms with Gasteiger partial charge in [-0.15, -0.1) is 0 Å². The maximum atomic E-state index is 13.2. The van der Waals surface area contributed by atoms with E-state index in [1.807, 2.05) is 100 Å². The third-order valence-electron chi connectivity index (χ3n) is 10.4. The van der Waals surface area contributed by atoms with Crippen LogP contribution < -0.4 is 16.3 Å². The van der Waals surface area contributed by atoms with E-state index in [-0.39, 0.29) is 21.7 Å². The molecule has 268 valence electrons. The minimum absolute atomic E-state index is 0.0234. The van der Waals surface area contributed by atoms with Crippen molar-refractivity contribution in [3.8, 4) is 22.3 Å². The number of fused-ring (bicyclic) bond motifs is 2. The Morgan fingerprint density at radius 3 is 1.48 bits per heavy atom. The number of nitrogens with one attached hydrogen (secondary N) is 2. The molecule has 0 aliphatic carbocycles. The van der Waals surface area contributed by atoms with E-state index in [4.69, 9.17) is 9.31 Å². The number of pyridine rings is 2. The maximum Gasteiger partial charge on any atom is 0.494 e. The average Bonchev–Trinajstić information content (AvgIpc) is 3.30. The molecule has 0 atom stereocenters. The number of benzene rings is 4. The minimum atomic E-state index is -0.455. The van der Waals surface area contributed by atoms with Crippen molar-refractivity contribution in [1.29, 1.82) is 0 Å². The molecule has 3 heterocycles. The van der Waals surface area contributed by atoms with Crippen molar-refractivity contribution in [3.05, 3.63) is 133 Å². The summed E-state index contributed by atoms with van der Waals surface area (Å²) in [5.41, 5.74) is 7.54. The Bertz CT molecular complexity index is 2400.